The van der Waals surface area contributed by atoms with Crippen LogP contribution in [-0.4, -0.2) is 53.4 Å². The maximum Gasteiger partial charge on any atom is 0.185 e. The average Bonchev–Trinajstić information content (AvgIpc) is 2.95. The van der Waals surface area contributed by atoms with Gasteiger partial charge in [0.2, 0.25) is 0 Å². The van der Waals surface area contributed by atoms with Crippen LogP contribution in [0.25, 0.3) is 18.2 Å². The van der Waals surface area contributed by atoms with Gasteiger partial charge in [-0.2, -0.15) is 0 Å². The molecule has 6 heteroatoms. The van der Waals surface area contributed by atoms with Crippen molar-refractivity contribution in [3.63, 3.8) is 0 Å². The third kappa shape index (κ3) is 6.15. The van der Waals surface area contributed by atoms with Gasteiger partial charge in [-0.05, 0) is 65.7 Å². The van der Waals surface area contributed by atoms with E-state index in [-0.39, 0.29) is 5.78 Å². The predicted molar refractivity (Wildman–Crippen MR) is 144 cm³/mol. The molecule has 1 aliphatic rings. The summed E-state index contributed by atoms with van der Waals surface area (Å²) in [4.78, 5) is 15.2. The van der Waals surface area contributed by atoms with Crippen LogP contribution in [0.5, 0.6) is 17.2 Å². The molecule has 0 aliphatic carbocycles. The van der Waals surface area contributed by atoms with Gasteiger partial charge >= 0.3 is 0 Å². The van der Waals surface area contributed by atoms with Crippen LogP contribution in [0.4, 0.5) is 5.69 Å². The molecule has 3 aromatic carbocycles. The fraction of sp³-hybridized carbons (Fsp3) is 0.233. The third-order valence-electron chi connectivity index (χ3n) is 6.10. The Hall–Kier alpha value is -4.03. The lowest BCUT2D eigenvalue weighted by Gasteiger charge is -2.28. The number of rotatable bonds is 9. The first-order chi connectivity index (χ1) is 17.6. The van der Waals surface area contributed by atoms with Crippen LogP contribution in [0.2, 0.25) is 0 Å². The summed E-state index contributed by atoms with van der Waals surface area (Å²) in [5.41, 5.74) is 4.41. The van der Waals surface area contributed by atoms with Gasteiger partial charge in [-0.1, -0.05) is 24.3 Å². The van der Waals surface area contributed by atoms with E-state index >= 15 is 0 Å². The Labute approximate surface area is 212 Å². The van der Waals surface area contributed by atoms with Gasteiger partial charge in [-0.15, -0.1) is 0 Å². The summed E-state index contributed by atoms with van der Waals surface area (Å²) in [6.45, 7) is 3.17. The van der Waals surface area contributed by atoms with Crippen LogP contribution >= 0.6 is 0 Å². The number of ketones is 1. The van der Waals surface area contributed by atoms with Crippen molar-refractivity contribution in [3.8, 4) is 17.2 Å². The monoisotopic (exact) mass is 485 g/mol. The molecule has 1 saturated heterocycles. The van der Waals surface area contributed by atoms with E-state index < -0.39 is 0 Å². The second-order valence-corrected chi connectivity index (χ2v) is 8.28. The second-order valence-electron chi connectivity index (χ2n) is 8.28. The summed E-state index contributed by atoms with van der Waals surface area (Å²) >= 11 is 0. The number of morpholine rings is 1. The Morgan fingerprint density at radius 2 is 1.50 bits per heavy atom. The number of methoxy groups -OCH3 is 3. The lowest BCUT2D eigenvalue weighted by Crippen LogP contribution is -2.36. The van der Waals surface area contributed by atoms with Crippen LogP contribution < -0.4 is 19.1 Å². The normalized spacial score (nSPS) is 13.8. The van der Waals surface area contributed by atoms with Gasteiger partial charge < -0.3 is 23.8 Å². The van der Waals surface area contributed by atoms with Crippen LogP contribution in [0, 0.1) is 0 Å². The van der Waals surface area contributed by atoms with Gasteiger partial charge in [0.05, 0.1) is 34.5 Å². The van der Waals surface area contributed by atoms with Gasteiger partial charge in [0.25, 0.3) is 0 Å². The molecule has 0 atom stereocenters. The van der Waals surface area contributed by atoms with Crippen molar-refractivity contribution in [1.82, 2.24) is 0 Å². The number of nitrogens with zero attached hydrogens (tertiary/aromatic N) is 1. The fourth-order valence-electron chi connectivity index (χ4n) is 4.04. The Bertz CT molecular complexity index is 1220. The second kappa shape index (κ2) is 12.1. The Morgan fingerprint density at radius 1 is 0.806 bits per heavy atom. The van der Waals surface area contributed by atoms with Crippen molar-refractivity contribution in [2.75, 3.05) is 52.5 Å². The topological polar surface area (TPSA) is 57.2 Å². The highest BCUT2D eigenvalue weighted by atomic mass is 16.5. The van der Waals surface area contributed by atoms with E-state index in [0.29, 0.717) is 17.1 Å². The number of anilines is 1. The largest absolute Gasteiger partial charge is 0.497 e. The zero-order chi connectivity index (χ0) is 25.3. The van der Waals surface area contributed by atoms with Crippen molar-refractivity contribution in [2.45, 2.75) is 0 Å². The van der Waals surface area contributed by atoms with E-state index in [1.807, 2.05) is 72.8 Å². The third-order valence-corrected chi connectivity index (χ3v) is 6.10. The SMILES string of the molecule is COc1ccc(/C=C/c2cc(OC)cc(OC)c2/C=C/C(=O)c2ccc(N3CCOCC3)cc2)cc1. The number of hydrogen-bond donors (Lipinski definition) is 0. The highest BCUT2D eigenvalue weighted by molar-refractivity contribution is 6.07. The van der Waals surface area contributed by atoms with E-state index in [9.17, 15) is 4.79 Å². The molecule has 0 amide bonds. The van der Waals surface area contributed by atoms with Gasteiger partial charge in [-0.25, -0.2) is 0 Å². The molecule has 0 saturated carbocycles. The average molecular weight is 486 g/mol. The molecule has 0 unspecified atom stereocenters. The minimum Gasteiger partial charge on any atom is -0.497 e. The Morgan fingerprint density at radius 3 is 2.14 bits per heavy atom. The minimum atomic E-state index is -0.0773. The maximum atomic E-state index is 13.0. The number of carbonyl (C=O) groups excluding carboxylic acids is 1. The van der Waals surface area contributed by atoms with Crippen molar-refractivity contribution in [2.24, 2.45) is 0 Å². The summed E-state index contributed by atoms with van der Waals surface area (Å²) in [7, 11) is 4.87. The van der Waals surface area contributed by atoms with E-state index in [1.165, 1.54) is 0 Å². The van der Waals surface area contributed by atoms with E-state index in [2.05, 4.69) is 4.90 Å². The van der Waals surface area contributed by atoms with E-state index in [0.717, 1.165) is 54.4 Å². The molecule has 0 aromatic heterocycles. The van der Waals surface area contributed by atoms with Crippen molar-refractivity contribution >= 4 is 29.7 Å². The quantitative estimate of drug-likeness (QED) is 0.223. The van der Waals surface area contributed by atoms with Crippen LogP contribution in [-0.2, 0) is 4.74 Å². The van der Waals surface area contributed by atoms with Gasteiger partial charge in [0.15, 0.2) is 5.78 Å². The van der Waals surface area contributed by atoms with E-state index in [4.69, 9.17) is 18.9 Å². The smallest absolute Gasteiger partial charge is 0.185 e. The molecule has 1 heterocycles. The lowest BCUT2D eigenvalue weighted by atomic mass is 10.0. The first-order valence-corrected chi connectivity index (χ1v) is 11.8. The molecule has 0 N–H and O–H groups in total. The molecule has 0 radical (unpaired) electrons. The molecule has 3 aromatic rings. The maximum absolute atomic E-state index is 13.0. The molecule has 186 valence electrons. The molecule has 1 aliphatic heterocycles. The number of carbonyl (C=O) groups is 1. The highest BCUT2D eigenvalue weighted by Crippen LogP contribution is 2.31. The standard InChI is InChI=1S/C30H31NO5/c1-33-26-12-5-22(6-13-26)4-7-24-20-27(34-2)21-30(35-3)28(24)14-15-29(32)23-8-10-25(11-9-23)31-16-18-36-19-17-31/h4-15,20-21H,16-19H2,1-3H3/b7-4+,15-14+. The summed E-state index contributed by atoms with van der Waals surface area (Å²) in [5.74, 6) is 2.01. The minimum absolute atomic E-state index is 0.0773. The number of ether oxygens (including phenoxy) is 4. The number of hydrogen-bond acceptors (Lipinski definition) is 6. The van der Waals surface area contributed by atoms with Crippen LogP contribution in [0.15, 0.2) is 66.7 Å². The summed E-state index contributed by atoms with van der Waals surface area (Å²) in [6.07, 6.45) is 7.36. The number of allylic oxidation sites excluding steroid dienone is 1. The molecule has 1 fully saturated rings. The zero-order valence-electron chi connectivity index (χ0n) is 20.9. The molecular formula is C30H31NO5. The van der Waals surface area contributed by atoms with Gasteiger partial charge in [-0.3, -0.25) is 4.79 Å². The van der Waals surface area contributed by atoms with Crippen LogP contribution in [0.3, 0.4) is 0 Å². The molecule has 36 heavy (non-hydrogen) atoms. The molecule has 4 rings (SSSR count). The lowest BCUT2D eigenvalue weighted by molar-refractivity contribution is 0.104. The fourth-order valence-corrected chi connectivity index (χ4v) is 4.04. The van der Waals surface area contributed by atoms with Gasteiger partial charge in [0.1, 0.15) is 17.2 Å². The molecule has 0 spiro atoms. The van der Waals surface area contributed by atoms with Crippen molar-refractivity contribution < 1.29 is 23.7 Å². The highest BCUT2D eigenvalue weighted by Gasteiger charge is 2.13. The van der Waals surface area contributed by atoms with Crippen molar-refractivity contribution in [1.29, 1.82) is 0 Å². The predicted octanol–water partition coefficient (Wildman–Crippen LogP) is 5.62. The Kier molecular flexibility index (Phi) is 8.42. The van der Waals surface area contributed by atoms with E-state index in [1.54, 1.807) is 33.5 Å². The first-order valence-electron chi connectivity index (χ1n) is 11.8. The van der Waals surface area contributed by atoms with Gasteiger partial charge in [0, 0.05) is 36.0 Å². The molecule has 0 bridgehead atoms. The molecular weight excluding hydrogens is 454 g/mol. The van der Waals surface area contributed by atoms with Crippen molar-refractivity contribution in [3.05, 3.63) is 89.0 Å². The Balaban J connectivity index is 1.58. The summed E-state index contributed by atoms with van der Waals surface area (Å²) in [6, 6.07) is 19.2. The zero-order valence-corrected chi connectivity index (χ0v) is 20.9. The number of benzene rings is 3. The summed E-state index contributed by atoms with van der Waals surface area (Å²) < 4.78 is 21.7. The first kappa shape index (κ1) is 25.1. The van der Waals surface area contributed by atoms with Crippen LogP contribution in [0.1, 0.15) is 27.0 Å². The molecule has 6 nitrogen and oxygen atoms in total. The summed E-state index contributed by atoms with van der Waals surface area (Å²) in [5, 5.41) is 0.